The van der Waals surface area contributed by atoms with Gasteiger partial charge in [-0.1, -0.05) is 0 Å². The summed E-state index contributed by atoms with van der Waals surface area (Å²) in [5, 5.41) is 0. The fraction of sp³-hybridized carbons (Fsp3) is 0.143. The first kappa shape index (κ1) is 18.1. The van der Waals surface area contributed by atoms with Crippen molar-refractivity contribution in [3.8, 4) is 0 Å². The first-order valence-corrected chi connectivity index (χ1v) is 9.92. The van der Waals surface area contributed by atoms with Gasteiger partial charge in [-0.15, -0.1) is 0 Å². The van der Waals surface area contributed by atoms with E-state index in [0.717, 1.165) is 42.7 Å². The molecule has 24 heavy (non-hydrogen) atoms. The lowest BCUT2D eigenvalue weighted by Gasteiger charge is -2.14. The minimum absolute atomic E-state index is 0.137. The minimum Gasteiger partial charge on any atom is -0.282 e. The second-order valence-electron chi connectivity index (χ2n) is 5.08. The Bertz CT molecular complexity index is 990. The summed E-state index contributed by atoms with van der Waals surface area (Å²) in [6.07, 6.45) is 0.874. The van der Waals surface area contributed by atoms with Crippen molar-refractivity contribution in [3.63, 3.8) is 0 Å². The zero-order chi connectivity index (χ0) is 18.1. The van der Waals surface area contributed by atoms with Crippen molar-refractivity contribution in [1.82, 2.24) is 0 Å². The molecule has 0 aromatic heterocycles. The molecule has 2 N–H and O–H groups in total. The molecule has 0 aliphatic carbocycles. The van der Waals surface area contributed by atoms with Crippen molar-refractivity contribution in [2.75, 3.05) is 15.7 Å². The number of nitrogens with one attached hydrogen (secondary N) is 2. The Morgan fingerprint density at radius 1 is 0.833 bits per heavy atom. The van der Waals surface area contributed by atoms with Crippen LogP contribution in [0.1, 0.15) is 5.56 Å². The maximum absolute atomic E-state index is 13.4. The van der Waals surface area contributed by atoms with Crippen LogP contribution in [0.15, 0.2) is 41.3 Å². The third-order valence-corrected chi connectivity index (χ3v) is 5.06. The van der Waals surface area contributed by atoms with Gasteiger partial charge in [0.15, 0.2) is 0 Å². The molecule has 130 valence electrons. The second-order valence-corrected chi connectivity index (χ2v) is 8.48. The largest absolute Gasteiger partial charge is 0.282 e. The highest BCUT2D eigenvalue weighted by Crippen LogP contribution is 2.27. The van der Waals surface area contributed by atoms with Gasteiger partial charge in [0.1, 0.15) is 11.6 Å². The van der Waals surface area contributed by atoms with Crippen LogP contribution in [0.25, 0.3) is 0 Å². The Kier molecular flexibility index (Phi) is 4.81. The number of benzene rings is 2. The number of sulfonamides is 2. The molecule has 0 fully saturated rings. The SMILES string of the molecule is Cc1cc(F)ccc1S(=O)(=O)Nc1cc(F)ccc1NS(C)(=O)=O. The molecule has 0 amide bonds. The van der Waals surface area contributed by atoms with Crippen molar-refractivity contribution in [2.45, 2.75) is 11.8 Å². The monoisotopic (exact) mass is 376 g/mol. The summed E-state index contributed by atoms with van der Waals surface area (Å²) in [5.74, 6) is -1.36. The van der Waals surface area contributed by atoms with Crippen LogP contribution >= 0.6 is 0 Å². The summed E-state index contributed by atoms with van der Waals surface area (Å²) < 4.78 is 78.3. The number of aryl methyl sites for hydroxylation is 1. The van der Waals surface area contributed by atoms with Crippen LogP contribution in [0, 0.1) is 18.6 Å². The lowest BCUT2D eigenvalue weighted by atomic mass is 10.2. The van der Waals surface area contributed by atoms with Crippen molar-refractivity contribution < 1.29 is 25.6 Å². The summed E-state index contributed by atoms with van der Waals surface area (Å²) in [7, 11) is -7.88. The van der Waals surface area contributed by atoms with Crippen molar-refractivity contribution in [3.05, 3.63) is 53.6 Å². The van der Waals surface area contributed by atoms with Gasteiger partial charge in [-0.3, -0.25) is 9.44 Å². The van der Waals surface area contributed by atoms with Gasteiger partial charge >= 0.3 is 0 Å². The van der Waals surface area contributed by atoms with Crippen LogP contribution in [0.3, 0.4) is 0 Å². The molecule has 0 atom stereocenters. The quantitative estimate of drug-likeness (QED) is 0.838. The molecular formula is C14H14F2N2O4S2. The van der Waals surface area contributed by atoms with Crippen LogP contribution in [0.2, 0.25) is 0 Å². The predicted molar refractivity (Wildman–Crippen MR) is 86.8 cm³/mol. The highest BCUT2D eigenvalue weighted by atomic mass is 32.2. The van der Waals surface area contributed by atoms with Gasteiger partial charge in [0.05, 0.1) is 22.5 Å². The summed E-state index contributed by atoms with van der Waals surface area (Å²) in [6, 6.07) is 5.98. The van der Waals surface area contributed by atoms with E-state index in [-0.39, 0.29) is 21.8 Å². The molecule has 0 spiro atoms. The van der Waals surface area contributed by atoms with Gasteiger partial charge in [-0.2, -0.15) is 0 Å². The van der Waals surface area contributed by atoms with Gasteiger partial charge < -0.3 is 0 Å². The fourth-order valence-corrected chi connectivity index (χ4v) is 3.88. The molecule has 2 rings (SSSR count). The number of hydrogen-bond donors (Lipinski definition) is 2. The van der Waals surface area contributed by atoms with Crippen molar-refractivity contribution in [1.29, 1.82) is 0 Å². The Labute approximate surface area is 138 Å². The summed E-state index contributed by atoms with van der Waals surface area (Å²) >= 11 is 0. The first-order chi connectivity index (χ1) is 11.0. The molecule has 2 aromatic carbocycles. The molecule has 10 heteroatoms. The van der Waals surface area contributed by atoms with Crippen molar-refractivity contribution >= 4 is 31.4 Å². The Balaban J connectivity index is 2.48. The topological polar surface area (TPSA) is 92.3 Å². The van der Waals surface area contributed by atoms with Gasteiger partial charge in [0.2, 0.25) is 10.0 Å². The Morgan fingerprint density at radius 3 is 2.00 bits per heavy atom. The average Bonchev–Trinajstić information content (AvgIpc) is 2.39. The molecule has 0 unspecified atom stereocenters. The van der Waals surface area contributed by atoms with Gasteiger partial charge in [0.25, 0.3) is 10.0 Å². The first-order valence-electron chi connectivity index (χ1n) is 6.54. The maximum atomic E-state index is 13.4. The zero-order valence-electron chi connectivity index (χ0n) is 12.7. The van der Waals surface area contributed by atoms with Crippen LogP contribution < -0.4 is 9.44 Å². The van der Waals surface area contributed by atoms with Crippen LogP contribution in [0.4, 0.5) is 20.2 Å². The smallest absolute Gasteiger partial charge is 0.262 e. The van der Waals surface area contributed by atoms with Gasteiger partial charge in [-0.25, -0.2) is 25.6 Å². The highest BCUT2D eigenvalue weighted by Gasteiger charge is 2.20. The maximum Gasteiger partial charge on any atom is 0.262 e. The van der Waals surface area contributed by atoms with E-state index < -0.39 is 31.7 Å². The van der Waals surface area contributed by atoms with Gasteiger partial charge in [0, 0.05) is 6.07 Å². The fourth-order valence-electron chi connectivity index (χ4n) is 2.00. The van der Waals surface area contributed by atoms with E-state index >= 15 is 0 Å². The Morgan fingerprint density at radius 2 is 1.42 bits per heavy atom. The standard InChI is InChI=1S/C14H14F2N2O4S2/c1-9-7-10(15)4-6-14(9)24(21,22)18-13-8-11(16)3-5-12(13)17-23(2,19)20/h3-8,17-18H,1-2H3. The van der Waals surface area contributed by atoms with E-state index in [4.69, 9.17) is 0 Å². The lowest BCUT2D eigenvalue weighted by molar-refractivity contribution is 0.597. The number of halogens is 2. The summed E-state index contributed by atoms with van der Waals surface area (Å²) in [4.78, 5) is -0.210. The third kappa shape index (κ3) is 4.42. The van der Waals surface area contributed by atoms with E-state index in [1.807, 2.05) is 0 Å². The number of hydrogen-bond acceptors (Lipinski definition) is 4. The second kappa shape index (κ2) is 6.36. The van der Waals surface area contributed by atoms with Crippen LogP contribution in [-0.4, -0.2) is 23.1 Å². The van der Waals surface area contributed by atoms with E-state index in [1.54, 1.807) is 0 Å². The predicted octanol–water partition coefficient (Wildman–Crippen LogP) is 2.45. The molecule has 0 saturated carbocycles. The summed E-state index contributed by atoms with van der Waals surface area (Å²) in [6.45, 7) is 1.40. The molecule has 0 aliphatic heterocycles. The minimum atomic E-state index is -4.17. The van der Waals surface area contributed by atoms with Gasteiger partial charge in [-0.05, 0) is 42.8 Å². The molecular weight excluding hydrogens is 362 g/mol. The average molecular weight is 376 g/mol. The molecule has 0 saturated heterocycles. The van der Waals surface area contributed by atoms with E-state index in [0.29, 0.717) is 0 Å². The van der Waals surface area contributed by atoms with Crippen LogP contribution in [0.5, 0.6) is 0 Å². The molecule has 0 heterocycles. The molecule has 6 nitrogen and oxygen atoms in total. The molecule has 0 aliphatic rings. The van der Waals surface area contributed by atoms with E-state index in [2.05, 4.69) is 9.44 Å². The number of anilines is 2. The highest BCUT2D eigenvalue weighted by molar-refractivity contribution is 7.93. The summed E-state index contributed by atoms with van der Waals surface area (Å²) in [5.41, 5.74) is -0.275. The zero-order valence-corrected chi connectivity index (χ0v) is 14.3. The Hall–Kier alpha value is -2.20. The lowest BCUT2D eigenvalue weighted by Crippen LogP contribution is -2.17. The van der Waals surface area contributed by atoms with E-state index in [9.17, 15) is 25.6 Å². The number of rotatable bonds is 5. The van der Waals surface area contributed by atoms with E-state index in [1.165, 1.54) is 6.92 Å². The van der Waals surface area contributed by atoms with Crippen LogP contribution in [-0.2, 0) is 20.0 Å². The normalized spacial score (nSPS) is 12.0. The molecule has 0 radical (unpaired) electrons. The molecule has 0 bridgehead atoms. The molecule has 2 aromatic rings. The van der Waals surface area contributed by atoms with Crippen molar-refractivity contribution in [2.24, 2.45) is 0 Å². The third-order valence-electron chi connectivity index (χ3n) is 2.95.